The Kier molecular flexibility index (Phi) is 9.08. The van der Waals surface area contributed by atoms with E-state index in [9.17, 15) is 5.11 Å². The van der Waals surface area contributed by atoms with Crippen molar-refractivity contribution >= 4 is 49.2 Å². The Hall–Kier alpha value is -1.27. The van der Waals surface area contributed by atoms with Gasteiger partial charge in [-0.2, -0.15) is 0 Å². The van der Waals surface area contributed by atoms with Gasteiger partial charge in [0.05, 0.1) is 0 Å². The first kappa shape index (κ1) is 24.4. The number of fused-ring (bicyclic) bond motifs is 1. The molecule has 3 aromatic rings. The van der Waals surface area contributed by atoms with Gasteiger partial charge in [-0.05, 0) is 0 Å². The third kappa shape index (κ3) is 5.75. The van der Waals surface area contributed by atoms with E-state index in [1.54, 1.807) is 21.0 Å². The van der Waals surface area contributed by atoms with Crippen molar-refractivity contribution in [3.63, 3.8) is 0 Å². The van der Waals surface area contributed by atoms with Gasteiger partial charge in [0, 0.05) is 0 Å². The molecule has 168 valence electrons. The third-order valence-corrected chi connectivity index (χ3v) is 23.2. The Morgan fingerprint density at radius 2 is 1.55 bits per heavy atom. The van der Waals surface area contributed by atoms with Crippen molar-refractivity contribution in [1.29, 1.82) is 0 Å². The van der Waals surface area contributed by atoms with Crippen LogP contribution in [0.4, 0.5) is 5.69 Å². The van der Waals surface area contributed by atoms with E-state index in [0.29, 0.717) is 5.75 Å². The number of aromatic nitrogens is 1. The van der Waals surface area contributed by atoms with Crippen molar-refractivity contribution < 1.29 is 5.11 Å². The Labute approximate surface area is 196 Å². The van der Waals surface area contributed by atoms with Gasteiger partial charge in [0.1, 0.15) is 0 Å². The van der Waals surface area contributed by atoms with E-state index < -0.39 is 18.4 Å². The normalized spacial score (nSPS) is 11.9. The van der Waals surface area contributed by atoms with Crippen LogP contribution in [-0.2, 0) is 0 Å². The van der Waals surface area contributed by atoms with E-state index in [2.05, 4.69) is 51.3 Å². The molecule has 2 aromatic carbocycles. The summed E-state index contributed by atoms with van der Waals surface area (Å²) >= 11 is -0.903. The number of hydrogen-bond donors (Lipinski definition) is 2. The zero-order chi connectivity index (χ0) is 22.3. The number of phenolic OH excluding ortho intramolecular Hbond substituents is 1. The molecule has 0 aliphatic carbocycles. The van der Waals surface area contributed by atoms with Gasteiger partial charge in [-0.1, -0.05) is 0 Å². The van der Waals surface area contributed by atoms with Crippen LogP contribution in [-0.4, -0.2) is 35.5 Å². The molecule has 1 heterocycles. The SMILES string of the molecule is CCC[CH2][Sn]([CH2]CCC)([CH2]CCC)[c]1cc(-c2nc3ccc(O)cc3s2)ccc1NC. The van der Waals surface area contributed by atoms with Crippen LogP contribution in [0.2, 0.25) is 13.3 Å². The second kappa shape index (κ2) is 11.6. The summed E-state index contributed by atoms with van der Waals surface area (Å²) in [5, 5.41) is 14.5. The topological polar surface area (TPSA) is 45.2 Å². The first-order valence-electron chi connectivity index (χ1n) is 12.0. The molecule has 0 radical (unpaired) electrons. The van der Waals surface area contributed by atoms with Crippen LogP contribution < -0.4 is 8.90 Å². The summed E-state index contributed by atoms with van der Waals surface area (Å²) < 4.78 is 7.09. The van der Waals surface area contributed by atoms with Crippen LogP contribution in [0.5, 0.6) is 5.75 Å². The predicted molar refractivity (Wildman–Crippen MR) is 141 cm³/mol. The predicted octanol–water partition coefficient (Wildman–Crippen LogP) is 7.77. The molecule has 3 nitrogen and oxygen atoms in total. The van der Waals surface area contributed by atoms with E-state index in [-0.39, 0.29) is 0 Å². The Balaban J connectivity index is 2.11. The molecule has 5 heteroatoms. The monoisotopic (exact) mass is 546 g/mol. The molecule has 0 fully saturated rings. The average molecular weight is 545 g/mol. The summed E-state index contributed by atoms with van der Waals surface area (Å²) in [4.78, 5) is 4.90. The Morgan fingerprint density at radius 3 is 2.13 bits per heavy atom. The van der Waals surface area contributed by atoms with Crippen LogP contribution in [0, 0.1) is 0 Å². The van der Waals surface area contributed by atoms with E-state index in [1.807, 2.05) is 12.1 Å². The number of benzene rings is 2. The fourth-order valence-corrected chi connectivity index (χ4v) is 22.5. The summed E-state index contributed by atoms with van der Waals surface area (Å²) in [5.74, 6) is 0.308. The van der Waals surface area contributed by atoms with Crippen molar-refractivity contribution in [3.8, 4) is 16.3 Å². The second-order valence-corrected chi connectivity index (χ2v) is 22.9. The van der Waals surface area contributed by atoms with Gasteiger partial charge in [0.2, 0.25) is 0 Å². The van der Waals surface area contributed by atoms with Crippen LogP contribution in [0.1, 0.15) is 59.3 Å². The van der Waals surface area contributed by atoms with Gasteiger partial charge in [0.15, 0.2) is 0 Å². The molecule has 0 spiro atoms. The Morgan fingerprint density at radius 1 is 0.903 bits per heavy atom. The van der Waals surface area contributed by atoms with E-state index >= 15 is 0 Å². The van der Waals surface area contributed by atoms with Gasteiger partial charge in [0.25, 0.3) is 0 Å². The molecule has 2 N–H and O–H groups in total. The number of phenols is 1. The Bertz CT molecular complexity index is 963. The fourth-order valence-electron chi connectivity index (χ4n) is 4.70. The molecular weight excluding hydrogens is 507 g/mol. The zero-order valence-electron chi connectivity index (χ0n) is 19.6. The molecule has 0 bridgehead atoms. The van der Waals surface area contributed by atoms with Gasteiger partial charge in [-0.3, -0.25) is 0 Å². The van der Waals surface area contributed by atoms with Gasteiger partial charge in [-0.15, -0.1) is 0 Å². The second-order valence-electron chi connectivity index (χ2n) is 8.77. The molecular formula is C26H38N2OSSn. The summed E-state index contributed by atoms with van der Waals surface area (Å²) in [6, 6.07) is 12.5. The summed E-state index contributed by atoms with van der Waals surface area (Å²) in [6.45, 7) is 7.01. The van der Waals surface area contributed by atoms with Crippen LogP contribution in [0.3, 0.4) is 0 Å². The molecule has 0 amide bonds. The maximum atomic E-state index is 9.86. The molecule has 0 unspecified atom stereocenters. The van der Waals surface area contributed by atoms with Crippen molar-refractivity contribution in [2.45, 2.75) is 72.6 Å². The number of aromatic hydroxyl groups is 1. The number of rotatable bonds is 12. The molecule has 0 aliphatic heterocycles. The van der Waals surface area contributed by atoms with Crippen molar-refractivity contribution in [2.24, 2.45) is 0 Å². The molecule has 0 saturated carbocycles. The number of anilines is 1. The molecule has 0 atom stereocenters. The molecule has 1 aromatic heterocycles. The summed E-state index contributed by atoms with van der Waals surface area (Å²) in [7, 11) is 2.08. The minimum atomic E-state index is -2.59. The van der Waals surface area contributed by atoms with Gasteiger partial charge < -0.3 is 0 Å². The average Bonchev–Trinajstić information content (AvgIpc) is 3.21. The van der Waals surface area contributed by atoms with Gasteiger partial charge >= 0.3 is 197 Å². The number of nitrogens with one attached hydrogen (secondary N) is 1. The van der Waals surface area contributed by atoms with Crippen LogP contribution in [0.25, 0.3) is 20.8 Å². The van der Waals surface area contributed by atoms with E-state index in [0.717, 1.165) is 15.2 Å². The van der Waals surface area contributed by atoms with Crippen molar-refractivity contribution in [3.05, 3.63) is 36.4 Å². The van der Waals surface area contributed by atoms with E-state index in [4.69, 9.17) is 4.98 Å². The summed E-state index contributed by atoms with van der Waals surface area (Å²) in [6.07, 6.45) is 7.93. The number of thiazole rings is 1. The summed E-state index contributed by atoms with van der Waals surface area (Å²) in [5.41, 5.74) is 3.55. The molecule has 0 aliphatic rings. The first-order valence-corrected chi connectivity index (χ1v) is 20.3. The standard InChI is InChI=1S/C14H11N2OS.3C4H9.Sn/c1-15-10-4-2-9(3-5-10)14-16-12-7-6-11(17)8-13(12)18-14;3*1-3-4-2;/h2-4,6-8,15,17H,1H3;3*1,3-4H2,2H3;. The minimum absolute atomic E-state index is 0.308. The van der Waals surface area contributed by atoms with Crippen LogP contribution in [0.15, 0.2) is 36.4 Å². The van der Waals surface area contributed by atoms with Gasteiger partial charge in [-0.25, -0.2) is 0 Å². The van der Waals surface area contributed by atoms with E-state index in [1.165, 1.54) is 63.1 Å². The van der Waals surface area contributed by atoms with Crippen molar-refractivity contribution in [2.75, 3.05) is 12.4 Å². The number of unbranched alkanes of at least 4 members (excludes halogenated alkanes) is 3. The number of nitrogens with zero attached hydrogens (tertiary/aromatic N) is 1. The maximum absolute atomic E-state index is 9.86. The molecule has 3 rings (SSSR count). The molecule has 0 saturated heterocycles. The quantitative estimate of drug-likeness (QED) is 0.229. The van der Waals surface area contributed by atoms with Crippen molar-refractivity contribution in [1.82, 2.24) is 4.98 Å². The first-order chi connectivity index (χ1) is 15.1. The zero-order valence-corrected chi connectivity index (χ0v) is 23.3. The fraction of sp³-hybridized carbons (Fsp3) is 0.500. The third-order valence-electron chi connectivity index (χ3n) is 6.51. The van der Waals surface area contributed by atoms with Crippen LogP contribution >= 0.6 is 11.3 Å². The number of hydrogen-bond acceptors (Lipinski definition) is 4. The molecule has 31 heavy (non-hydrogen) atoms.